The lowest BCUT2D eigenvalue weighted by molar-refractivity contribution is -0.286. The first-order chi connectivity index (χ1) is 21.3. The van der Waals surface area contributed by atoms with Crippen molar-refractivity contribution >= 4 is 17.6 Å². The number of pyridine rings is 1. The van der Waals surface area contributed by atoms with Crippen molar-refractivity contribution < 1.29 is 50.5 Å². The number of ether oxygens (including phenoxy) is 4. The van der Waals surface area contributed by atoms with E-state index in [1.165, 1.54) is 79.9 Å². The molecule has 1 amide bonds. The van der Waals surface area contributed by atoms with Gasteiger partial charge < -0.3 is 23.8 Å². The number of benzene rings is 2. The molecule has 1 atom stereocenters. The second-order valence-electron chi connectivity index (χ2n) is 10.2. The van der Waals surface area contributed by atoms with Crippen LogP contribution in [0.15, 0.2) is 60.8 Å². The van der Waals surface area contributed by atoms with E-state index in [-0.39, 0.29) is 57.6 Å². The molecule has 15 heteroatoms. The molecule has 0 saturated heterocycles. The monoisotopic (exact) mass is 630 g/mol. The molecule has 0 fully saturated rings. The van der Waals surface area contributed by atoms with Gasteiger partial charge in [0, 0.05) is 42.2 Å². The number of carbonyl (C=O) groups is 2. The van der Waals surface area contributed by atoms with Gasteiger partial charge in [0.25, 0.3) is 5.91 Å². The van der Waals surface area contributed by atoms with Crippen LogP contribution in [0.3, 0.4) is 0 Å². The Labute approximate surface area is 251 Å². The third-order valence-electron chi connectivity index (χ3n) is 7.32. The van der Waals surface area contributed by atoms with Gasteiger partial charge in [0.2, 0.25) is 5.88 Å². The number of alkyl halides is 5. The number of hydrogen-bond donors (Lipinski definition) is 0. The van der Waals surface area contributed by atoms with E-state index in [0.29, 0.717) is 12.8 Å². The minimum absolute atomic E-state index is 0.0315. The highest BCUT2D eigenvalue weighted by atomic mass is 19.4. The zero-order chi connectivity index (χ0) is 32.1. The third kappa shape index (κ3) is 5.72. The summed E-state index contributed by atoms with van der Waals surface area (Å²) in [6.45, 7) is 0. The van der Waals surface area contributed by atoms with Gasteiger partial charge >= 0.3 is 18.4 Å². The highest BCUT2D eigenvalue weighted by Gasteiger charge is 2.44. The van der Waals surface area contributed by atoms with Crippen molar-refractivity contribution in [3.05, 3.63) is 88.9 Å². The lowest BCUT2D eigenvalue weighted by Gasteiger charge is -2.25. The Morgan fingerprint density at radius 2 is 1.82 bits per heavy atom. The molecule has 6 rings (SSSR count). The van der Waals surface area contributed by atoms with Crippen LogP contribution in [-0.4, -0.2) is 47.1 Å². The number of hydrogen-bond acceptors (Lipinski definition) is 8. The molecule has 2 aromatic carbocycles. The van der Waals surface area contributed by atoms with Crippen LogP contribution in [0.4, 0.5) is 27.6 Å². The number of rotatable bonds is 6. The van der Waals surface area contributed by atoms with Gasteiger partial charge in [-0.1, -0.05) is 6.07 Å². The summed E-state index contributed by atoms with van der Waals surface area (Å²) in [7, 11) is 2.63. The Balaban J connectivity index is 1.33. The molecule has 45 heavy (non-hydrogen) atoms. The van der Waals surface area contributed by atoms with E-state index >= 15 is 0 Å². The van der Waals surface area contributed by atoms with Crippen LogP contribution in [0.5, 0.6) is 17.4 Å². The zero-order valence-corrected chi connectivity index (χ0v) is 23.6. The molecule has 0 saturated carbocycles. The van der Waals surface area contributed by atoms with Gasteiger partial charge in [-0.15, -0.1) is 8.78 Å². The molecule has 234 valence electrons. The van der Waals surface area contributed by atoms with E-state index in [2.05, 4.69) is 24.3 Å². The quantitative estimate of drug-likeness (QED) is 0.185. The van der Waals surface area contributed by atoms with E-state index < -0.39 is 36.1 Å². The summed E-state index contributed by atoms with van der Waals surface area (Å²) >= 11 is 0. The van der Waals surface area contributed by atoms with E-state index in [4.69, 9.17) is 4.74 Å². The maximum atomic E-state index is 14.2. The second kappa shape index (κ2) is 11.1. The first-order valence-electron chi connectivity index (χ1n) is 13.5. The van der Waals surface area contributed by atoms with Crippen LogP contribution in [0.1, 0.15) is 56.6 Å². The Bertz CT molecular complexity index is 1790. The van der Waals surface area contributed by atoms with Crippen LogP contribution in [0, 0.1) is 0 Å². The summed E-state index contributed by atoms with van der Waals surface area (Å²) < 4.78 is 90.1. The smallest absolute Gasteiger partial charge is 0.468 e. The molecular weight excluding hydrogens is 607 g/mol. The van der Waals surface area contributed by atoms with Crippen molar-refractivity contribution in [3.63, 3.8) is 0 Å². The minimum Gasteiger partial charge on any atom is -0.468 e. The van der Waals surface area contributed by atoms with E-state index in [1.54, 1.807) is 0 Å². The predicted molar refractivity (Wildman–Crippen MR) is 146 cm³/mol. The summed E-state index contributed by atoms with van der Waals surface area (Å²) in [5, 5.41) is 3.93. The number of anilines is 1. The summed E-state index contributed by atoms with van der Waals surface area (Å²) in [5.74, 6) is -1.56. The predicted octanol–water partition coefficient (Wildman–Crippen LogP) is 6.13. The number of carbonyl (C=O) groups excluding carboxylic acids is 2. The minimum atomic E-state index is -4.76. The van der Waals surface area contributed by atoms with Crippen LogP contribution >= 0.6 is 0 Å². The molecule has 2 aromatic heterocycles. The van der Waals surface area contributed by atoms with Crippen molar-refractivity contribution in [2.75, 3.05) is 19.1 Å². The molecule has 0 spiro atoms. The van der Waals surface area contributed by atoms with Gasteiger partial charge in [-0.2, -0.15) is 18.3 Å². The van der Waals surface area contributed by atoms with Crippen LogP contribution in [0.25, 0.3) is 5.69 Å². The highest BCUT2D eigenvalue weighted by molar-refractivity contribution is 6.06. The Kier molecular flexibility index (Phi) is 7.33. The number of amides is 1. The zero-order valence-electron chi connectivity index (χ0n) is 23.6. The van der Waals surface area contributed by atoms with Crippen LogP contribution < -0.4 is 19.1 Å². The molecule has 0 radical (unpaired) electrons. The van der Waals surface area contributed by atoms with Gasteiger partial charge in [0.05, 0.1) is 24.1 Å². The summed E-state index contributed by atoms with van der Waals surface area (Å²) in [6, 6.07) is 12.5. The maximum absolute atomic E-state index is 14.2. The fourth-order valence-electron chi connectivity index (χ4n) is 5.24. The number of aromatic nitrogens is 3. The van der Waals surface area contributed by atoms with Gasteiger partial charge in [-0.3, -0.25) is 4.79 Å². The summed E-state index contributed by atoms with van der Waals surface area (Å²) in [5.41, 5.74) is -0.312. The van der Waals surface area contributed by atoms with Crippen LogP contribution in [0.2, 0.25) is 0 Å². The van der Waals surface area contributed by atoms with Crippen LogP contribution in [-0.2, 0) is 17.3 Å². The molecule has 0 bridgehead atoms. The number of fused-ring (bicyclic) bond motifs is 2. The van der Waals surface area contributed by atoms with Gasteiger partial charge in [0.15, 0.2) is 17.2 Å². The number of esters is 1. The fraction of sp³-hybridized carbons (Fsp3) is 0.267. The molecule has 3 heterocycles. The van der Waals surface area contributed by atoms with Gasteiger partial charge in [-0.05, 0) is 55.7 Å². The first-order valence-corrected chi connectivity index (χ1v) is 13.5. The maximum Gasteiger partial charge on any atom is 0.586 e. The number of halogens is 5. The lowest BCUT2D eigenvalue weighted by Crippen LogP contribution is -2.26. The molecular formula is C30H23F5N4O6. The Hall–Kier alpha value is -5.21. The standard InChI is InChI=1S/C30H23F5N4O6/c1-38(18-10-11-21-23(14-18)45-30(34,35)44-21)27(40)16-5-3-6-19(13-16)39-25-20(26(37-39)29(31,32)33)7-4-8-22(25)43-24-12-9-17(15-36-24)28(41)42-2/h3,5-6,9-15,22H,4,7-8H2,1-2H3/t22-/m0/s1. The molecule has 10 nitrogen and oxygen atoms in total. The second-order valence-corrected chi connectivity index (χ2v) is 10.2. The summed E-state index contributed by atoms with van der Waals surface area (Å²) in [4.78, 5) is 30.5. The number of methoxy groups -OCH3 is 1. The molecule has 2 aliphatic rings. The highest BCUT2D eigenvalue weighted by Crippen LogP contribution is 2.44. The Morgan fingerprint density at radius 1 is 1.04 bits per heavy atom. The van der Waals surface area contributed by atoms with Gasteiger partial charge in [0.1, 0.15) is 6.10 Å². The molecule has 1 aliphatic heterocycles. The normalized spacial score (nSPS) is 16.6. The average molecular weight is 631 g/mol. The Morgan fingerprint density at radius 3 is 2.53 bits per heavy atom. The van der Waals surface area contributed by atoms with Crippen molar-refractivity contribution in [2.45, 2.75) is 37.8 Å². The topological polar surface area (TPSA) is 105 Å². The fourth-order valence-corrected chi connectivity index (χ4v) is 5.24. The van der Waals surface area contributed by atoms with Crippen molar-refractivity contribution in [1.82, 2.24) is 14.8 Å². The SMILES string of the molecule is COC(=O)c1ccc(O[C@H]2CCCc3c(C(F)(F)F)nn(-c4cccc(C(=O)N(C)c5ccc6c(c5)OC(F)(F)O6)c4)c32)nc1. The van der Waals surface area contributed by atoms with Crippen molar-refractivity contribution in [3.8, 4) is 23.1 Å². The lowest BCUT2D eigenvalue weighted by atomic mass is 9.93. The van der Waals surface area contributed by atoms with Crippen molar-refractivity contribution in [2.24, 2.45) is 0 Å². The van der Waals surface area contributed by atoms with Gasteiger partial charge in [-0.25, -0.2) is 14.5 Å². The molecule has 0 unspecified atom stereocenters. The largest absolute Gasteiger partial charge is 0.586 e. The van der Waals surface area contributed by atoms with E-state index in [1.807, 2.05) is 0 Å². The molecule has 0 N–H and O–H groups in total. The third-order valence-corrected chi connectivity index (χ3v) is 7.32. The summed E-state index contributed by atoms with van der Waals surface area (Å²) in [6.07, 6.45) is -7.41. The van der Waals surface area contributed by atoms with E-state index in [0.717, 1.165) is 4.68 Å². The first kappa shape index (κ1) is 29.8. The van der Waals surface area contributed by atoms with Crippen molar-refractivity contribution in [1.29, 1.82) is 0 Å². The van der Waals surface area contributed by atoms with E-state index in [9.17, 15) is 31.5 Å². The molecule has 4 aromatic rings. The average Bonchev–Trinajstić information content (AvgIpc) is 3.57. The molecule has 1 aliphatic carbocycles. The number of nitrogens with zero attached hydrogens (tertiary/aromatic N) is 4.